The molecule has 0 spiro atoms. The number of hydrogen-bond donors (Lipinski definition) is 2. The van der Waals surface area contributed by atoms with E-state index in [1.807, 2.05) is 0 Å². The number of hydrogen-bond acceptors (Lipinski definition) is 7. The van der Waals surface area contributed by atoms with Crippen LogP contribution < -0.4 is 10.6 Å². The molecule has 0 fully saturated rings. The third-order valence-corrected chi connectivity index (χ3v) is 3.93. The zero-order chi connectivity index (χ0) is 27.4. The van der Waals surface area contributed by atoms with Gasteiger partial charge in [-0.05, 0) is 40.5 Å². The molecule has 0 heterocycles. The molecule has 204 valence electrons. The molecule has 0 aliphatic rings. The third kappa shape index (κ3) is 15.9. The maximum absolute atomic E-state index is 12.4. The Kier molecular flexibility index (Phi) is 13.6. The molecule has 0 saturated carbocycles. The van der Waals surface area contributed by atoms with Crippen molar-refractivity contribution in [2.24, 2.45) is 0 Å². The molecule has 35 heavy (non-hydrogen) atoms. The van der Waals surface area contributed by atoms with Crippen LogP contribution in [0.2, 0.25) is 0 Å². The van der Waals surface area contributed by atoms with Crippen molar-refractivity contribution in [2.45, 2.75) is 90.1 Å². The van der Waals surface area contributed by atoms with E-state index in [9.17, 15) is 45.5 Å². The molecule has 15 heteroatoms. The summed E-state index contributed by atoms with van der Waals surface area (Å²) in [4.78, 5) is 46.1. The van der Waals surface area contributed by atoms with Gasteiger partial charge in [0, 0.05) is 13.1 Å². The van der Waals surface area contributed by atoms with Crippen LogP contribution in [0.25, 0.3) is 0 Å². The molecule has 0 aromatic rings. The fraction of sp³-hybridized carbons (Fsp3) is 0.800. The summed E-state index contributed by atoms with van der Waals surface area (Å²) in [6, 6.07) is 0. The molecule has 0 aliphatic heterocycles. The summed E-state index contributed by atoms with van der Waals surface area (Å²) < 4.78 is 89.9. The number of carbonyl (C=O) groups excluding carboxylic acids is 4. The Morgan fingerprint density at radius 2 is 0.971 bits per heavy atom. The minimum atomic E-state index is -5.13. The van der Waals surface area contributed by atoms with Gasteiger partial charge in [-0.15, -0.1) is 0 Å². The molecule has 0 rings (SSSR count). The van der Waals surface area contributed by atoms with Crippen LogP contribution in [0.5, 0.6) is 0 Å². The van der Waals surface area contributed by atoms with Gasteiger partial charge in [0.05, 0.1) is 37.3 Å². The van der Waals surface area contributed by atoms with Gasteiger partial charge < -0.3 is 24.8 Å². The summed E-state index contributed by atoms with van der Waals surface area (Å²) in [5, 5.41) is 3.22. The molecule has 0 radical (unpaired) electrons. The van der Waals surface area contributed by atoms with Crippen LogP contribution in [0.4, 0.5) is 26.3 Å². The van der Waals surface area contributed by atoms with Crippen LogP contribution in [0.3, 0.4) is 0 Å². The Labute approximate surface area is 198 Å². The second-order valence-corrected chi connectivity index (χ2v) is 7.95. The number of nitrogens with one attached hydrogen (secondary N) is 2. The average molecular weight is 524 g/mol. The third-order valence-electron chi connectivity index (χ3n) is 3.93. The molecule has 9 nitrogen and oxygen atoms in total. The van der Waals surface area contributed by atoms with Crippen molar-refractivity contribution in [2.75, 3.05) is 13.1 Å². The number of rotatable bonds is 14. The Balaban J connectivity index is 5.37. The van der Waals surface area contributed by atoms with Crippen molar-refractivity contribution in [1.82, 2.24) is 10.6 Å². The highest BCUT2D eigenvalue weighted by molar-refractivity contribution is 5.82. The van der Waals surface area contributed by atoms with Gasteiger partial charge in [0.2, 0.25) is 0 Å². The molecule has 2 unspecified atom stereocenters. The molecule has 0 aromatic carbocycles. The lowest BCUT2D eigenvalue weighted by molar-refractivity contribution is -0.173. The lowest BCUT2D eigenvalue weighted by Crippen LogP contribution is -2.40. The van der Waals surface area contributed by atoms with Crippen molar-refractivity contribution in [3.63, 3.8) is 0 Å². The molecule has 0 bridgehead atoms. The number of halogens is 6. The van der Waals surface area contributed by atoms with Gasteiger partial charge in [0.25, 0.3) is 0 Å². The molecular formula is C20H30F6N2O7. The Hall–Kier alpha value is -2.58. The second-order valence-electron chi connectivity index (χ2n) is 7.95. The highest BCUT2D eigenvalue weighted by Gasteiger charge is 2.39. The molecule has 0 aromatic heterocycles. The van der Waals surface area contributed by atoms with Gasteiger partial charge in [0.1, 0.15) is 0 Å². The lowest BCUT2D eigenvalue weighted by atomic mass is 10.1. The van der Waals surface area contributed by atoms with E-state index < -0.39 is 86.5 Å². The van der Waals surface area contributed by atoms with Crippen molar-refractivity contribution >= 4 is 23.8 Å². The standard InChI is InChI=1S/C20H30F6N2O7/c1-11(2)33-15(29)9-13(5-7-27-17(31)19(21,22)23)35-14(10-16(30)34-12(3)4)6-8-28-18(32)20(24,25)26/h11-14H,5-10H2,1-4H3,(H,27,31)(H,28,32). The zero-order valence-corrected chi connectivity index (χ0v) is 19.7. The Morgan fingerprint density at radius 3 is 1.23 bits per heavy atom. The summed E-state index contributed by atoms with van der Waals surface area (Å²) >= 11 is 0. The molecule has 0 saturated heterocycles. The fourth-order valence-electron chi connectivity index (χ4n) is 2.60. The number of esters is 2. The van der Waals surface area contributed by atoms with E-state index in [1.54, 1.807) is 38.3 Å². The highest BCUT2D eigenvalue weighted by Crippen LogP contribution is 2.18. The maximum atomic E-state index is 12.4. The average Bonchev–Trinajstić information content (AvgIpc) is 2.64. The zero-order valence-electron chi connectivity index (χ0n) is 19.7. The van der Waals surface area contributed by atoms with Crippen LogP contribution >= 0.6 is 0 Å². The number of amides is 2. The lowest BCUT2D eigenvalue weighted by Gasteiger charge is -2.25. The first-order valence-corrected chi connectivity index (χ1v) is 10.7. The van der Waals surface area contributed by atoms with Crippen LogP contribution in [-0.2, 0) is 33.4 Å². The van der Waals surface area contributed by atoms with Gasteiger partial charge >= 0.3 is 36.1 Å². The van der Waals surface area contributed by atoms with E-state index in [1.165, 1.54) is 0 Å². The Morgan fingerprint density at radius 1 is 0.657 bits per heavy atom. The van der Waals surface area contributed by atoms with Crippen LogP contribution in [-0.4, -0.2) is 73.6 Å². The minimum Gasteiger partial charge on any atom is -0.463 e. The first-order chi connectivity index (χ1) is 15.9. The monoisotopic (exact) mass is 524 g/mol. The Bertz CT molecular complexity index is 653. The van der Waals surface area contributed by atoms with Gasteiger partial charge in [-0.2, -0.15) is 26.3 Å². The first-order valence-electron chi connectivity index (χ1n) is 10.7. The predicted molar refractivity (Wildman–Crippen MR) is 108 cm³/mol. The van der Waals surface area contributed by atoms with E-state index in [4.69, 9.17) is 14.2 Å². The number of carbonyl (C=O) groups is 4. The summed E-state index contributed by atoms with van der Waals surface area (Å²) in [6.45, 7) is 5.06. The van der Waals surface area contributed by atoms with Gasteiger partial charge in [0.15, 0.2) is 0 Å². The normalized spacial score (nSPS) is 13.8. The molecule has 0 aliphatic carbocycles. The molecule has 2 amide bonds. The van der Waals surface area contributed by atoms with E-state index in [-0.39, 0.29) is 12.8 Å². The van der Waals surface area contributed by atoms with Crippen molar-refractivity contribution in [3.05, 3.63) is 0 Å². The molecule has 2 N–H and O–H groups in total. The van der Waals surface area contributed by atoms with Crippen LogP contribution in [0.1, 0.15) is 53.4 Å². The summed E-state index contributed by atoms with van der Waals surface area (Å²) in [7, 11) is 0. The first kappa shape index (κ1) is 32.4. The predicted octanol–water partition coefficient (Wildman–Crippen LogP) is 2.56. The van der Waals surface area contributed by atoms with Crippen molar-refractivity contribution < 1.29 is 59.7 Å². The SMILES string of the molecule is CC(C)OC(=O)CC(CCNC(=O)C(F)(F)F)OC(CCNC(=O)C(F)(F)F)CC(=O)OC(C)C. The fourth-order valence-corrected chi connectivity index (χ4v) is 2.60. The van der Waals surface area contributed by atoms with Crippen LogP contribution in [0.15, 0.2) is 0 Å². The van der Waals surface area contributed by atoms with Crippen molar-refractivity contribution in [3.8, 4) is 0 Å². The van der Waals surface area contributed by atoms with Gasteiger partial charge in [-0.3, -0.25) is 19.2 Å². The number of alkyl halides is 6. The van der Waals surface area contributed by atoms with Gasteiger partial charge in [-0.1, -0.05) is 0 Å². The minimum absolute atomic E-state index is 0.320. The molecule has 2 atom stereocenters. The van der Waals surface area contributed by atoms with E-state index in [2.05, 4.69) is 0 Å². The van der Waals surface area contributed by atoms with E-state index >= 15 is 0 Å². The van der Waals surface area contributed by atoms with E-state index in [0.717, 1.165) is 0 Å². The highest BCUT2D eigenvalue weighted by atomic mass is 19.4. The topological polar surface area (TPSA) is 120 Å². The van der Waals surface area contributed by atoms with Gasteiger partial charge in [-0.25, -0.2) is 0 Å². The van der Waals surface area contributed by atoms with E-state index in [0.29, 0.717) is 0 Å². The second kappa shape index (κ2) is 14.7. The summed E-state index contributed by atoms with van der Waals surface area (Å²) in [5.41, 5.74) is 0. The number of ether oxygens (including phenoxy) is 3. The largest absolute Gasteiger partial charge is 0.471 e. The quantitative estimate of drug-likeness (QED) is 0.265. The van der Waals surface area contributed by atoms with Crippen LogP contribution in [0, 0.1) is 0 Å². The smallest absolute Gasteiger partial charge is 0.463 e. The molecular weight excluding hydrogens is 494 g/mol. The summed E-state index contributed by atoms with van der Waals surface area (Å²) in [6.07, 6.45) is -15.3. The maximum Gasteiger partial charge on any atom is 0.471 e. The summed E-state index contributed by atoms with van der Waals surface area (Å²) in [5.74, 6) is -6.01. The van der Waals surface area contributed by atoms with Crippen molar-refractivity contribution in [1.29, 1.82) is 0 Å².